The third-order valence-corrected chi connectivity index (χ3v) is 10.4. The first-order chi connectivity index (χ1) is 23.7. The Labute approximate surface area is 285 Å². The topological polar surface area (TPSA) is 157 Å². The molecule has 1 saturated heterocycles. The number of halogens is 1. The van der Waals surface area contributed by atoms with E-state index < -0.39 is 27.6 Å². The summed E-state index contributed by atoms with van der Waals surface area (Å²) >= 11 is 6.49. The summed E-state index contributed by atoms with van der Waals surface area (Å²) in [5.41, 5.74) is -2.57. The van der Waals surface area contributed by atoms with Crippen molar-refractivity contribution in [2.24, 2.45) is 0 Å². The lowest BCUT2D eigenvalue weighted by atomic mass is 9.88. The maximum Gasteiger partial charge on any atom is 0.411 e. The van der Waals surface area contributed by atoms with E-state index in [-0.39, 0.29) is 57.2 Å². The van der Waals surface area contributed by atoms with Gasteiger partial charge in [-0.3, -0.25) is 9.78 Å². The van der Waals surface area contributed by atoms with Gasteiger partial charge in [0.25, 0.3) is 21.5 Å². The minimum atomic E-state index is -4.70. The number of sulfonamides is 1. The molecule has 0 spiro atoms. The van der Waals surface area contributed by atoms with Gasteiger partial charge in [-0.1, -0.05) is 35.9 Å². The van der Waals surface area contributed by atoms with Crippen molar-refractivity contribution >= 4 is 56.0 Å². The Bertz CT molecular complexity index is 2200. The van der Waals surface area contributed by atoms with Crippen molar-refractivity contribution in [2.45, 2.75) is 10.5 Å². The van der Waals surface area contributed by atoms with Crippen molar-refractivity contribution in [1.29, 1.82) is 0 Å². The summed E-state index contributed by atoms with van der Waals surface area (Å²) in [6, 6.07) is 17.7. The number of nitrogens with zero attached hydrogens (tertiary/aromatic N) is 7. The van der Waals surface area contributed by atoms with E-state index in [1.54, 1.807) is 30.5 Å². The molecule has 14 nitrogen and oxygen atoms in total. The third-order valence-electron chi connectivity index (χ3n) is 8.39. The zero-order valence-electron chi connectivity index (χ0n) is 26.2. The van der Waals surface area contributed by atoms with Crippen molar-refractivity contribution in [2.75, 3.05) is 49.6 Å². The van der Waals surface area contributed by atoms with Gasteiger partial charge in [-0.05, 0) is 42.5 Å². The molecule has 49 heavy (non-hydrogen) atoms. The average Bonchev–Trinajstić information content (AvgIpc) is 3.38. The van der Waals surface area contributed by atoms with Crippen LogP contribution in [0.25, 0.3) is 10.9 Å². The molecule has 1 unspecified atom stereocenters. The van der Waals surface area contributed by atoms with E-state index >= 15 is 4.79 Å². The van der Waals surface area contributed by atoms with E-state index in [1.165, 1.54) is 55.8 Å². The lowest BCUT2D eigenvalue weighted by Crippen LogP contribution is -2.53. The number of methoxy groups -OCH3 is 2. The predicted octanol–water partition coefficient (Wildman–Crippen LogP) is 4.03. The number of hydrogen-bond donors (Lipinski definition) is 0. The monoisotopic (exact) mass is 701 g/mol. The number of hydrogen-bond acceptors (Lipinski definition) is 12. The lowest BCUT2D eigenvalue weighted by molar-refractivity contribution is -0.132. The average molecular weight is 702 g/mol. The molecule has 2 amide bonds. The third kappa shape index (κ3) is 5.31. The minimum absolute atomic E-state index is 0.0330. The second kappa shape index (κ2) is 12.5. The molecule has 0 saturated carbocycles. The predicted molar refractivity (Wildman–Crippen MR) is 178 cm³/mol. The smallest absolute Gasteiger partial charge is 0.411 e. The minimum Gasteiger partial charge on any atom is -0.481 e. The van der Waals surface area contributed by atoms with Gasteiger partial charge in [0.1, 0.15) is 10.7 Å². The number of benzene rings is 2. The van der Waals surface area contributed by atoms with E-state index in [9.17, 15) is 13.2 Å². The maximum absolute atomic E-state index is 15.1. The van der Waals surface area contributed by atoms with Gasteiger partial charge in [-0.2, -0.15) is 9.29 Å². The number of anilines is 2. The highest BCUT2D eigenvalue weighted by molar-refractivity contribution is 7.93. The van der Waals surface area contributed by atoms with Crippen molar-refractivity contribution in [3.05, 3.63) is 101 Å². The Hall–Kier alpha value is -5.54. The van der Waals surface area contributed by atoms with Crippen LogP contribution in [0.2, 0.25) is 5.02 Å². The highest BCUT2D eigenvalue weighted by Crippen LogP contribution is 2.52. The fourth-order valence-corrected chi connectivity index (χ4v) is 7.87. The summed E-state index contributed by atoms with van der Waals surface area (Å²) < 4.78 is 46.8. The first-order valence-electron chi connectivity index (χ1n) is 15.0. The number of carbonyl (C=O) groups excluding carboxylic acids is 2. The van der Waals surface area contributed by atoms with Crippen LogP contribution in [0.1, 0.15) is 11.1 Å². The molecule has 1 atom stereocenters. The largest absolute Gasteiger partial charge is 0.481 e. The number of rotatable bonds is 7. The number of ether oxygens (including phenoxy) is 3. The maximum atomic E-state index is 15.1. The van der Waals surface area contributed by atoms with Gasteiger partial charge in [0.15, 0.2) is 0 Å². The van der Waals surface area contributed by atoms with Crippen molar-refractivity contribution in [3.8, 4) is 11.9 Å². The van der Waals surface area contributed by atoms with Crippen LogP contribution in [0, 0.1) is 0 Å². The number of amides is 2. The molecule has 2 aliphatic rings. The van der Waals surface area contributed by atoms with Crippen LogP contribution in [0.3, 0.4) is 0 Å². The zero-order valence-corrected chi connectivity index (χ0v) is 27.8. The number of para-hydroxylation sites is 1. The summed E-state index contributed by atoms with van der Waals surface area (Å²) in [5.74, 6) is -0.569. The van der Waals surface area contributed by atoms with Crippen LogP contribution in [-0.4, -0.2) is 85.7 Å². The van der Waals surface area contributed by atoms with Crippen LogP contribution >= 0.6 is 11.6 Å². The number of carbonyl (C=O) groups is 2. The van der Waals surface area contributed by atoms with E-state index in [0.717, 1.165) is 5.82 Å². The van der Waals surface area contributed by atoms with E-state index in [1.807, 2.05) is 23.1 Å². The highest BCUT2D eigenvalue weighted by Gasteiger charge is 2.61. The first-order valence-corrected chi connectivity index (χ1v) is 16.8. The summed E-state index contributed by atoms with van der Waals surface area (Å²) in [4.78, 5) is 49.5. The van der Waals surface area contributed by atoms with Crippen molar-refractivity contribution in [3.63, 3.8) is 0 Å². The Morgan fingerprint density at radius 2 is 1.65 bits per heavy atom. The second-order valence-corrected chi connectivity index (χ2v) is 13.2. The summed E-state index contributed by atoms with van der Waals surface area (Å²) in [6.45, 7) is 1.31. The fraction of sp³-hybridized carbons (Fsp3) is 0.212. The molecule has 250 valence electrons. The normalized spacial score (nSPS) is 17.6. The molecule has 16 heteroatoms. The number of aromatic nitrogens is 4. The van der Waals surface area contributed by atoms with Gasteiger partial charge >= 0.3 is 12.1 Å². The van der Waals surface area contributed by atoms with E-state index in [4.69, 9.17) is 25.8 Å². The fourth-order valence-electron chi connectivity index (χ4n) is 6.07. The van der Waals surface area contributed by atoms with Crippen molar-refractivity contribution in [1.82, 2.24) is 24.8 Å². The standard InChI is InChI=1S/C33H28ClN7O7S/c1-46-29-24(20-37-31(38-29)47-2)33(48-32(43)40-17-15-39(16-18-40)27-10-3-4-13-35-27)23-19-22(34)11-12-25(23)41(30(33)42)49(44,45)26-9-5-7-21-8-6-14-36-28(21)26/h3-14,19-20H,15-18H2,1-2H3. The molecule has 2 aliphatic heterocycles. The Morgan fingerprint density at radius 3 is 2.39 bits per heavy atom. The van der Waals surface area contributed by atoms with Crippen LogP contribution in [0.4, 0.5) is 16.3 Å². The summed E-state index contributed by atoms with van der Waals surface area (Å²) in [6.07, 6.45) is 3.46. The zero-order chi connectivity index (χ0) is 34.3. The van der Waals surface area contributed by atoms with E-state index in [0.29, 0.717) is 22.8 Å². The van der Waals surface area contributed by atoms with Crippen LogP contribution in [-0.2, 0) is 25.2 Å². The molecule has 0 bridgehead atoms. The van der Waals surface area contributed by atoms with E-state index in [2.05, 4.69) is 19.9 Å². The summed E-state index contributed by atoms with van der Waals surface area (Å²) in [7, 11) is -2.06. The lowest BCUT2D eigenvalue weighted by Gasteiger charge is -2.37. The summed E-state index contributed by atoms with van der Waals surface area (Å²) in [5, 5.41) is 0.690. The number of piperazine rings is 1. The number of pyridine rings is 2. The molecule has 0 N–H and O–H groups in total. The SMILES string of the molecule is COc1ncc(C2(OC(=O)N3CCN(c4ccccn4)CC3)C(=O)N(S(=O)(=O)c3cccc4cccnc34)c3ccc(Cl)cc32)c(OC)n1. The second-order valence-electron chi connectivity index (χ2n) is 11.1. The van der Waals surface area contributed by atoms with Gasteiger partial charge in [0.2, 0.25) is 5.88 Å². The Kier molecular flexibility index (Phi) is 8.16. The quantitative estimate of drug-likeness (QED) is 0.240. The molecule has 3 aromatic heterocycles. The molecule has 7 rings (SSSR count). The van der Waals surface area contributed by atoms with Crippen molar-refractivity contribution < 1.29 is 32.2 Å². The molecule has 0 radical (unpaired) electrons. The molecular weight excluding hydrogens is 674 g/mol. The molecule has 5 aromatic rings. The highest BCUT2D eigenvalue weighted by atomic mass is 35.5. The number of fused-ring (bicyclic) bond motifs is 2. The van der Waals surface area contributed by atoms with Crippen LogP contribution in [0.15, 0.2) is 90.2 Å². The van der Waals surface area contributed by atoms with Gasteiger partial charge in [0, 0.05) is 60.7 Å². The van der Waals surface area contributed by atoms with Crippen LogP contribution in [0.5, 0.6) is 11.9 Å². The van der Waals surface area contributed by atoms with Gasteiger partial charge in [-0.15, -0.1) is 0 Å². The molecule has 5 heterocycles. The Morgan fingerprint density at radius 1 is 0.878 bits per heavy atom. The van der Waals surface area contributed by atoms with Crippen LogP contribution < -0.4 is 18.7 Å². The van der Waals surface area contributed by atoms with Gasteiger partial charge in [-0.25, -0.2) is 23.2 Å². The molecule has 2 aromatic carbocycles. The van der Waals surface area contributed by atoms with Gasteiger partial charge < -0.3 is 24.0 Å². The molecule has 0 aliphatic carbocycles. The molecular formula is C33H28ClN7O7S. The first kappa shape index (κ1) is 32.0. The Balaban J connectivity index is 1.37. The molecule has 1 fully saturated rings. The van der Waals surface area contributed by atoms with Gasteiger partial charge in [0.05, 0.1) is 31.0 Å².